The fourth-order valence-corrected chi connectivity index (χ4v) is 2.26. The van der Waals surface area contributed by atoms with Crippen LogP contribution in [0.3, 0.4) is 0 Å². The standard InChI is InChI=1S/C12H22N2O2/c1-10(15)7-12(16)14(3)9-11-5-4-6-13(2)8-11/h11H,4-9H2,1-3H3. The normalized spacial score (nSPS) is 21.8. The average Bonchev–Trinajstić information content (AvgIpc) is 2.16. The van der Waals surface area contributed by atoms with E-state index >= 15 is 0 Å². The number of ketones is 1. The summed E-state index contributed by atoms with van der Waals surface area (Å²) in [6, 6.07) is 0. The van der Waals surface area contributed by atoms with Crippen LogP contribution in [0.2, 0.25) is 0 Å². The smallest absolute Gasteiger partial charge is 0.229 e. The molecule has 0 aromatic rings. The van der Waals surface area contributed by atoms with Crippen molar-refractivity contribution in [1.82, 2.24) is 9.80 Å². The molecular formula is C12H22N2O2. The zero-order valence-corrected chi connectivity index (χ0v) is 10.5. The van der Waals surface area contributed by atoms with E-state index in [1.54, 1.807) is 11.9 Å². The molecule has 0 aromatic carbocycles. The van der Waals surface area contributed by atoms with Crippen LogP contribution in [0.5, 0.6) is 0 Å². The molecule has 0 aromatic heterocycles. The monoisotopic (exact) mass is 226 g/mol. The third-order valence-corrected chi connectivity index (χ3v) is 3.08. The number of hydrogen-bond donors (Lipinski definition) is 0. The lowest BCUT2D eigenvalue weighted by molar-refractivity contribution is -0.134. The van der Waals surface area contributed by atoms with Crippen LogP contribution >= 0.6 is 0 Å². The number of carbonyl (C=O) groups is 2. The zero-order chi connectivity index (χ0) is 12.1. The molecule has 1 amide bonds. The second-order valence-electron chi connectivity index (χ2n) is 4.92. The molecule has 0 radical (unpaired) electrons. The van der Waals surface area contributed by atoms with E-state index in [-0.39, 0.29) is 18.1 Å². The highest BCUT2D eigenvalue weighted by Gasteiger charge is 2.20. The molecule has 1 saturated heterocycles. The number of nitrogens with zero attached hydrogens (tertiary/aromatic N) is 2. The summed E-state index contributed by atoms with van der Waals surface area (Å²) < 4.78 is 0. The second-order valence-corrected chi connectivity index (χ2v) is 4.92. The van der Waals surface area contributed by atoms with Gasteiger partial charge in [-0.3, -0.25) is 9.59 Å². The number of Topliss-reactive ketones (excluding diaryl/α,β-unsaturated/α-hetero) is 1. The first kappa shape index (κ1) is 13.2. The molecule has 0 saturated carbocycles. The molecule has 4 nitrogen and oxygen atoms in total. The van der Waals surface area contributed by atoms with E-state index in [0.717, 1.165) is 19.6 Å². The maximum Gasteiger partial charge on any atom is 0.229 e. The van der Waals surface area contributed by atoms with Crippen molar-refractivity contribution in [2.45, 2.75) is 26.2 Å². The summed E-state index contributed by atoms with van der Waals surface area (Å²) in [4.78, 5) is 26.4. The predicted molar refractivity (Wildman–Crippen MR) is 63.2 cm³/mol. The highest BCUT2D eigenvalue weighted by Crippen LogP contribution is 2.16. The molecule has 1 rings (SSSR count). The van der Waals surface area contributed by atoms with Crippen LogP contribution in [0, 0.1) is 5.92 Å². The number of carbonyl (C=O) groups excluding carboxylic acids is 2. The van der Waals surface area contributed by atoms with E-state index in [4.69, 9.17) is 0 Å². The van der Waals surface area contributed by atoms with Gasteiger partial charge in [-0.25, -0.2) is 0 Å². The summed E-state index contributed by atoms with van der Waals surface area (Å²) in [6.07, 6.45) is 2.43. The summed E-state index contributed by atoms with van der Waals surface area (Å²) in [5.74, 6) is 0.443. The SMILES string of the molecule is CC(=O)CC(=O)N(C)CC1CCCN(C)C1. The Labute approximate surface area is 97.6 Å². The number of hydrogen-bond acceptors (Lipinski definition) is 3. The molecule has 1 aliphatic heterocycles. The van der Waals surface area contributed by atoms with E-state index in [9.17, 15) is 9.59 Å². The number of rotatable bonds is 4. The topological polar surface area (TPSA) is 40.6 Å². The van der Waals surface area contributed by atoms with E-state index < -0.39 is 0 Å². The molecule has 0 bridgehead atoms. The minimum absolute atomic E-state index is 0.0407. The lowest BCUT2D eigenvalue weighted by Gasteiger charge is -2.32. The van der Waals surface area contributed by atoms with Gasteiger partial charge in [0.1, 0.15) is 5.78 Å². The Bertz CT molecular complexity index is 266. The molecule has 1 atom stereocenters. The van der Waals surface area contributed by atoms with Crippen molar-refractivity contribution in [3.8, 4) is 0 Å². The Morgan fingerprint density at radius 1 is 1.44 bits per heavy atom. The van der Waals surface area contributed by atoms with E-state index in [1.807, 2.05) is 0 Å². The highest BCUT2D eigenvalue weighted by atomic mass is 16.2. The summed E-state index contributed by atoms with van der Waals surface area (Å²) in [7, 11) is 3.91. The van der Waals surface area contributed by atoms with Crippen molar-refractivity contribution in [1.29, 1.82) is 0 Å². The third kappa shape index (κ3) is 4.31. The number of likely N-dealkylation sites (tertiary alicyclic amines) is 1. The van der Waals surface area contributed by atoms with Gasteiger partial charge in [-0.2, -0.15) is 0 Å². The quantitative estimate of drug-likeness (QED) is 0.665. The lowest BCUT2D eigenvalue weighted by atomic mass is 9.98. The molecule has 0 spiro atoms. The van der Waals surface area contributed by atoms with Crippen molar-refractivity contribution in [3.63, 3.8) is 0 Å². The van der Waals surface area contributed by atoms with Crippen LogP contribution in [0.15, 0.2) is 0 Å². The summed E-state index contributed by atoms with van der Waals surface area (Å²) >= 11 is 0. The van der Waals surface area contributed by atoms with Crippen LogP contribution in [-0.2, 0) is 9.59 Å². The Kier molecular flexibility index (Phi) is 4.93. The molecule has 92 valence electrons. The van der Waals surface area contributed by atoms with Gasteiger partial charge in [0.25, 0.3) is 0 Å². The van der Waals surface area contributed by atoms with Crippen molar-refractivity contribution in [2.75, 3.05) is 33.7 Å². The molecule has 4 heteroatoms. The van der Waals surface area contributed by atoms with Crippen molar-refractivity contribution in [3.05, 3.63) is 0 Å². The largest absolute Gasteiger partial charge is 0.345 e. The molecule has 0 N–H and O–H groups in total. The fourth-order valence-electron chi connectivity index (χ4n) is 2.26. The molecule has 1 aliphatic rings. The van der Waals surface area contributed by atoms with Crippen LogP contribution in [-0.4, -0.2) is 55.2 Å². The fraction of sp³-hybridized carbons (Fsp3) is 0.833. The third-order valence-electron chi connectivity index (χ3n) is 3.08. The first-order chi connectivity index (χ1) is 7.49. The van der Waals surface area contributed by atoms with E-state index in [0.29, 0.717) is 5.92 Å². The second kappa shape index (κ2) is 5.99. The van der Waals surface area contributed by atoms with Gasteiger partial charge in [0, 0.05) is 20.1 Å². The maximum atomic E-state index is 11.6. The molecule has 1 unspecified atom stereocenters. The minimum Gasteiger partial charge on any atom is -0.345 e. The predicted octanol–water partition coefficient (Wildman–Crippen LogP) is 0.766. The Hall–Kier alpha value is -0.900. The first-order valence-electron chi connectivity index (χ1n) is 5.91. The van der Waals surface area contributed by atoms with Gasteiger partial charge in [0.15, 0.2) is 0 Å². The summed E-state index contributed by atoms with van der Waals surface area (Å²) in [5.41, 5.74) is 0. The van der Waals surface area contributed by atoms with Gasteiger partial charge in [0.2, 0.25) is 5.91 Å². The van der Waals surface area contributed by atoms with Crippen molar-refractivity contribution < 1.29 is 9.59 Å². The molecular weight excluding hydrogens is 204 g/mol. The maximum absolute atomic E-state index is 11.6. The highest BCUT2D eigenvalue weighted by molar-refractivity contribution is 5.96. The van der Waals surface area contributed by atoms with Crippen molar-refractivity contribution >= 4 is 11.7 Å². The number of amides is 1. The summed E-state index contributed by atoms with van der Waals surface area (Å²) in [6.45, 7) is 4.44. The Morgan fingerprint density at radius 3 is 2.69 bits per heavy atom. The van der Waals surface area contributed by atoms with Gasteiger partial charge < -0.3 is 9.80 Å². The van der Waals surface area contributed by atoms with Gasteiger partial charge in [0.05, 0.1) is 6.42 Å². The van der Waals surface area contributed by atoms with E-state index in [2.05, 4.69) is 11.9 Å². The Balaban J connectivity index is 2.35. The van der Waals surface area contributed by atoms with Gasteiger partial charge in [-0.05, 0) is 39.3 Å². The zero-order valence-electron chi connectivity index (χ0n) is 10.5. The van der Waals surface area contributed by atoms with Crippen LogP contribution < -0.4 is 0 Å². The lowest BCUT2D eigenvalue weighted by Crippen LogP contribution is -2.40. The van der Waals surface area contributed by atoms with Crippen LogP contribution in [0.1, 0.15) is 26.2 Å². The molecule has 16 heavy (non-hydrogen) atoms. The first-order valence-corrected chi connectivity index (χ1v) is 5.91. The molecule has 1 heterocycles. The molecule has 0 aliphatic carbocycles. The van der Waals surface area contributed by atoms with E-state index in [1.165, 1.54) is 19.8 Å². The molecule has 1 fully saturated rings. The number of piperidine rings is 1. The van der Waals surface area contributed by atoms with Crippen LogP contribution in [0.4, 0.5) is 0 Å². The van der Waals surface area contributed by atoms with Crippen LogP contribution in [0.25, 0.3) is 0 Å². The van der Waals surface area contributed by atoms with Gasteiger partial charge in [-0.1, -0.05) is 0 Å². The Morgan fingerprint density at radius 2 is 2.12 bits per heavy atom. The van der Waals surface area contributed by atoms with Gasteiger partial charge in [-0.15, -0.1) is 0 Å². The minimum atomic E-state index is -0.0578. The average molecular weight is 226 g/mol. The van der Waals surface area contributed by atoms with Crippen molar-refractivity contribution in [2.24, 2.45) is 5.92 Å². The van der Waals surface area contributed by atoms with Gasteiger partial charge >= 0.3 is 0 Å². The summed E-state index contributed by atoms with van der Waals surface area (Å²) in [5, 5.41) is 0.